The first-order chi connectivity index (χ1) is 15.9. The summed E-state index contributed by atoms with van der Waals surface area (Å²) < 4.78 is 27.8. The first-order valence-corrected chi connectivity index (χ1v) is 10.9. The van der Waals surface area contributed by atoms with E-state index in [1.165, 1.54) is 12.1 Å². The highest BCUT2D eigenvalue weighted by atomic mass is 19.1. The molecule has 2 aromatic carbocycles. The minimum atomic E-state index is -0.712. The molecule has 0 unspecified atom stereocenters. The van der Waals surface area contributed by atoms with E-state index in [0.29, 0.717) is 17.5 Å². The normalized spacial score (nSPS) is 20.2. The molecule has 3 heterocycles. The lowest BCUT2D eigenvalue weighted by molar-refractivity contribution is -0.0394. The van der Waals surface area contributed by atoms with Gasteiger partial charge in [0.2, 0.25) is 0 Å². The molecule has 1 aromatic heterocycles. The molecule has 8 nitrogen and oxygen atoms in total. The number of likely N-dealkylation sites (tertiary alicyclic amines) is 1. The van der Waals surface area contributed by atoms with Crippen LogP contribution < -0.4 is 16.0 Å². The molecule has 0 radical (unpaired) electrons. The Morgan fingerprint density at radius 1 is 1.30 bits per heavy atom. The van der Waals surface area contributed by atoms with Crippen LogP contribution in [-0.4, -0.2) is 46.8 Å². The summed E-state index contributed by atoms with van der Waals surface area (Å²) in [4.78, 5) is 20.1. The zero-order valence-corrected chi connectivity index (χ0v) is 18.3. The van der Waals surface area contributed by atoms with Crippen molar-refractivity contribution in [3.8, 4) is 17.6 Å². The van der Waals surface area contributed by atoms with E-state index in [2.05, 4.69) is 16.9 Å². The number of nitrogens with zero attached hydrogens (tertiary/aromatic N) is 4. The second-order valence-electron chi connectivity index (χ2n) is 8.85. The SMILES string of the molecule is CN1CCC2(CC1)C[C@@H](n1cnc3ccc(Oc4c(F)ccc(N)c4C#N)cc3c1=O)CO2. The van der Waals surface area contributed by atoms with Crippen LogP contribution in [0.5, 0.6) is 11.5 Å². The van der Waals surface area contributed by atoms with Crippen molar-refractivity contribution in [2.75, 3.05) is 32.5 Å². The minimum absolute atomic E-state index is 0.0924. The quantitative estimate of drug-likeness (QED) is 0.612. The molecule has 0 saturated carbocycles. The summed E-state index contributed by atoms with van der Waals surface area (Å²) in [6.07, 6.45) is 4.23. The highest BCUT2D eigenvalue weighted by Gasteiger charge is 2.43. The van der Waals surface area contributed by atoms with E-state index in [0.717, 1.165) is 38.4 Å². The van der Waals surface area contributed by atoms with Gasteiger partial charge in [0.05, 0.1) is 41.2 Å². The fraction of sp³-hybridized carbons (Fsp3) is 0.375. The Bertz CT molecular complexity index is 1320. The van der Waals surface area contributed by atoms with E-state index in [4.69, 9.17) is 15.2 Å². The zero-order chi connectivity index (χ0) is 23.2. The van der Waals surface area contributed by atoms with E-state index < -0.39 is 5.82 Å². The number of fused-ring (bicyclic) bond motifs is 1. The van der Waals surface area contributed by atoms with Gasteiger partial charge in [-0.2, -0.15) is 5.26 Å². The fourth-order valence-corrected chi connectivity index (χ4v) is 4.72. The molecule has 2 saturated heterocycles. The topological polar surface area (TPSA) is 106 Å². The number of nitrogen functional groups attached to an aromatic ring is 1. The van der Waals surface area contributed by atoms with Gasteiger partial charge < -0.3 is 20.1 Å². The summed E-state index contributed by atoms with van der Waals surface area (Å²) in [6.45, 7) is 2.42. The second kappa shape index (κ2) is 8.14. The standard InChI is InChI=1S/C24H24FN5O3/c1-29-8-6-24(7-9-29)11-15(13-32-24)30-14-28-21-5-2-16(10-17(21)23(30)31)33-22-18(12-26)20(27)4-3-19(22)25/h2-5,10,14-15H,6-9,11,13,27H2,1H3/t15-/m1/s1. The number of halogens is 1. The third-order valence-electron chi connectivity index (χ3n) is 6.71. The molecule has 170 valence electrons. The average molecular weight is 449 g/mol. The van der Waals surface area contributed by atoms with Gasteiger partial charge in [0.25, 0.3) is 5.56 Å². The van der Waals surface area contributed by atoms with E-state index in [9.17, 15) is 14.4 Å². The number of aromatic nitrogens is 2. The molecule has 2 N–H and O–H groups in total. The maximum Gasteiger partial charge on any atom is 0.261 e. The number of benzene rings is 2. The van der Waals surface area contributed by atoms with Crippen LogP contribution in [0.2, 0.25) is 0 Å². The number of hydrogen-bond acceptors (Lipinski definition) is 7. The van der Waals surface area contributed by atoms with Crippen molar-refractivity contribution in [1.82, 2.24) is 14.5 Å². The van der Waals surface area contributed by atoms with Crippen molar-refractivity contribution in [1.29, 1.82) is 5.26 Å². The number of nitriles is 1. The molecule has 2 aliphatic rings. The lowest BCUT2D eigenvalue weighted by atomic mass is 9.87. The lowest BCUT2D eigenvalue weighted by Gasteiger charge is -2.36. The molecule has 1 atom stereocenters. The van der Waals surface area contributed by atoms with Crippen LogP contribution in [0.1, 0.15) is 30.9 Å². The fourth-order valence-electron chi connectivity index (χ4n) is 4.72. The van der Waals surface area contributed by atoms with E-state index >= 15 is 0 Å². The molecule has 1 spiro atoms. The molecule has 5 rings (SSSR count). The van der Waals surface area contributed by atoms with Gasteiger partial charge in [0, 0.05) is 13.1 Å². The molecule has 3 aromatic rings. The average Bonchev–Trinajstić information content (AvgIpc) is 3.22. The predicted octanol–water partition coefficient (Wildman–Crippen LogP) is 3.21. The second-order valence-corrected chi connectivity index (χ2v) is 8.85. The highest BCUT2D eigenvalue weighted by Crippen LogP contribution is 2.40. The van der Waals surface area contributed by atoms with Crippen molar-refractivity contribution in [2.45, 2.75) is 30.9 Å². The number of anilines is 1. The van der Waals surface area contributed by atoms with Gasteiger partial charge in [-0.3, -0.25) is 9.36 Å². The van der Waals surface area contributed by atoms with E-state index in [1.807, 2.05) is 6.07 Å². The molecule has 2 fully saturated rings. The molecule has 2 aliphatic heterocycles. The smallest absolute Gasteiger partial charge is 0.261 e. The van der Waals surface area contributed by atoms with Crippen molar-refractivity contribution in [2.24, 2.45) is 0 Å². The van der Waals surface area contributed by atoms with Crippen LogP contribution in [0.25, 0.3) is 10.9 Å². The van der Waals surface area contributed by atoms with Crippen LogP contribution in [0.3, 0.4) is 0 Å². The lowest BCUT2D eigenvalue weighted by Crippen LogP contribution is -2.42. The summed E-state index contributed by atoms with van der Waals surface area (Å²) in [6, 6.07) is 8.95. The Morgan fingerprint density at radius 3 is 2.85 bits per heavy atom. The number of piperidine rings is 1. The van der Waals surface area contributed by atoms with Crippen molar-refractivity contribution in [3.05, 3.63) is 58.4 Å². The highest BCUT2D eigenvalue weighted by molar-refractivity contribution is 5.79. The summed E-state index contributed by atoms with van der Waals surface area (Å²) in [5, 5.41) is 9.69. The minimum Gasteiger partial charge on any atom is -0.453 e. The van der Waals surface area contributed by atoms with Crippen LogP contribution >= 0.6 is 0 Å². The van der Waals surface area contributed by atoms with Crippen LogP contribution in [0.4, 0.5) is 10.1 Å². The molecular formula is C24H24FN5O3. The molecule has 0 aliphatic carbocycles. The van der Waals surface area contributed by atoms with Gasteiger partial charge in [-0.25, -0.2) is 9.37 Å². The predicted molar refractivity (Wildman–Crippen MR) is 121 cm³/mol. The largest absolute Gasteiger partial charge is 0.453 e. The molecular weight excluding hydrogens is 425 g/mol. The van der Waals surface area contributed by atoms with Gasteiger partial charge in [-0.05, 0) is 56.6 Å². The van der Waals surface area contributed by atoms with Gasteiger partial charge in [0.1, 0.15) is 17.4 Å². The monoisotopic (exact) mass is 449 g/mol. The Hall–Kier alpha value is -3.48. The van der Waals surface area contributed by atoms with Crippen LogP contribution in [0.15, 0.2) is 41.5 Å². The van der Waals surface area contributed by atoms with E-state index in [-0.39, 0.29) is 40.0 Å². The summed E-state index contributed by atoms with van der Waals surface area (Å²) in [5.41, 5.74) is 5.91. The number of nitrogens with two attached hydrogens (primary N) is 1. The maximum absolute atomic E-state index is 14.3. The van der Waals surface area contributed by atoms with Crippen LogP contribution in [-0.2, 0) is 4.74 Å². The number of rotatable bonds is 3. The van der Waals surface area contributed by atoms with Gasteiger partial charge in [-0.15, -0.1) is 0 Å². The Balaban J connectivity index is 1.47. The third-order valence-corrected chi connectivity index (χ3v) is 6.71. The number of hydrogen-bond donors (Lipinski definition) is 1. The van der Waals surface area contributed by atoms with Crippen molar-refractivity contribution in [3.63, 3.8) is 0 Å². The molecule has 9 heteroatoms. The molecule has 0 bridgehead atoms. The van der Waals surface area contributed by atoms with Gasteiger partial charge in [-0.1, -0.05) is 0 Å². The Labute approximate surface area is 190 Å². The molecule has 0 amide bonds. The molecule has 33 heavy (non-hydrogen) atoms. The summed E-state index contributed by atoms with van der Waals surface area (Å²) in [7, 11) is 2.10. The number of ether oxygens (including phenoxy) is 2. The van der Waals surface area contributed by atoms with Gasteiger partial charge in [0.15, 0.2) is 11.6 Å². The van der Waals surface area contributed by atoms with Gasteiger partial charge >= 0.3 is 0 Å². The van der Waals surface area contributed by atoms with E-state index in [1.54, 1.807) is 23.0 Å². The summed E-state index contributed by atoms with van der Waals surface area (Å²) >= 11 is 0. The summed E-state index contributed by atoms with van der Waals surface area (Å²) in [5.74, 6) is -0.764. The van der Waals surface area contributed by atoms with Crippen molar-refractivity contribution < 1.29 is 13.9 Å². The Morgan fingerprint density at radius 2 is 2.09 bits per heavy atom. The third kappa shape index (κ3) is 3.81. The first-order valence-electron chi connectivity index (χ1n) is 10.9. The van der Waals surface area contributed by atoms with Crippen molar-refractivity contribution >= 4 is 16.6 Å². The first kappa shape index (κ1) is 21.4. The van der Waals surface area contributed by atoms with Crippen LogP contribution in [0, 0.1) is 17.1 Å². The maximum atomic E-state index is 14.3. The zero-order valence-electron chi connectivity index (χ0n) is 18.3. The Kier molecular flexibility index (Phi) is 5.27.